The minimum atomic E-state index is 0.166. The average Bonchev–Trinajstić information content (AvgIpc) is 2.87. The van der Waals surface area contributed by atoms with Gasteiger partial charge in [0, 0.05) is 11.1 Å². The molecule has 0 heterocycles. The van der Waals surface area contributed by atoms with E-state index >= 15 is 0 Å². The molecule has 2 fully saturated rings. The fourth-order valence-electron chi connectivity index (χ4n) is 3.97. The highest BCUT2D eigenvalue weighted by molar-refractivity contribution is 5.39. The zero-order valence-corrected chi connectivity index (χ0v) is 15.6. The van der Waals surface area contributed by atoms with E-state index in [1.54, 1.807) is 0 Å². The number of hydrogen-bond acceptors (Lipinski definition) is 3. The molecule has 3 nitrogen and oxygen atoms in total. The molecule has 1 aromatic rings. The summed E-state index contributed by atoms with van der Waals surface area (Å²) >= 11 is 0. The topological polar surface area (TPSA) is 52.3 Å². The highest BCUT2D eigenvalue weighted by Gasteiger charge is 2.62. The van der Waals surface area contributed by atoms with E-state index in [1.807, 2.05) is 45.0 Å². The van der Waals surface area contributed by atoms with E-state index in [9.17, 15) is 4.79 Å². The second-order valence-electron chi connectivity index (χ2n) is 7.24. The minimum Gasteiger partial charge on any atom is -0.464 e. The Morgan fingerprint density at radius 3 is 2.09 bits per heavy atom. The molecule has 0 radical (unpaired) electrons. The zero-order chi connectivity index (χ0) is 17.7. The molecule has 130 valence electrons. The van der Waals surface area contributed by atoms with Crippen LogP contribution in [0.1, 0.15) is 59.4 Å². The first-order chi connectivity index (χ1) is 10.8. The van der Waals surface area contributed by atoms with Crippen molar-refractivity contribution in [1.82, 2.24) is 0 Å². The van der Waals surface area contributed by atoms with Crippen LogP contribution in [0, 0.1) is 23.7 Å². The molecule has 2 saturated carbocycles. The first kappa shape index (κ1) is 19.5. The Morgan fingerprint density at radius 1 is 1.17 bits per heavy atom. The summed E-state index contributed by atoms with van der Waals surface area (Å²) in [5.74, 6) is 0.752. The number of nitrogens with two attached hydrogens (primary N) is 1. The SMILES string of the molecule is CC.CC1(C)C2CCC1(C)C(OC=O)C2.Cc1ccc(N)cc1. The Bertz CT molecular complexity index is 474. The molecule has 3 unspecified atom stereocenters. The molecule has 2 N–H and O–H groups in total. The highest BCUT2D eigenvalue weighted by atomic mass is 16.5. The third-order valence-electron chi connectivity index (χ3n) is 6.01. The van der Waals surface area contributed by atoms with Crippen LogP contribution in [-0.2, 0) is 9.53 Å². The molecule has 0 spiro atoms. The quantitative estimate of drug-likeness (QED) is 0.618. The normalized spacial score (nSPS) is 29.7. The predicted octanol–water partition coefficient (Wildman–Crippen LogP) is 4.98. The van der Waals surface area contributed by atoms with Gasteiger partial charge in [-0.15, -0.1) is 0 Å². The Labute approximate surface area is 141 Å². The van der Waals surface area contributed by atoms with Gasteiger partial charge in [-0.25, -0.2) is 0 Å². The Balaban J connectivity index is 0.000000228. The summed E-state index contributed by atoms with van der Waals surface area (Å²) in [7, 11) is 0. The largest absolute Gasteiger partial charge is 0.464 e. The maximum absolute atomic E-state index is 10.4. The van der Waals surface area contributed by atoms with Gasteiger partial charge >= 0.3 is 0 Å². The van der Waals surface area contributed by atoms with Crippen LogP contribution in [0.25, 0.3) is 0 Å². The number of nitrogen functional groups attached to an aromatic ring is 1. The lowest BCUT2D eigenvalue weighted by atomic mass is 9.70. The van der Waals surface area contributed by atoms with E-state index in [4.69, 9.17) is 10.5 Å². The number of benzene rings is 1. The van der Waals surface area contributed by atoms with Gasteiger partial charge in [0.2, 0.25) is 0 Å². The maximum atomic E-state index is 10.4. The lowest BCUT2D eigenvalue weighted by molar-refractivity contribution is -0.141. The highest BCUT2D eigenvalue weighted by Crippen LogP contribution is 2.66. The van der Waals surface area contributed by atoms with Crippen LogP contribution in [-0.4, -0.2) is 12.6 Å². The minimum absolute atomic E-state index is 0.166. The van der Waals surface area contributed by atoms with E-state index in [0.717, 1.165) is 18.0 Å². The molecule has 0 saturated heterocycles. The van der Waals surface area contributed by atoms with Crippen molar-refractivity contribution >= 4 is 12.2 Å². The van der Waals surface area contributed by atoms with E-state index < -0.39 is 0 Å². The van der Waals surface area contributed by atoms with Gasteiger partial charge in [-0.3, -0.25) is 4.79 Å². The maximum Gasteiger partial charge on any atom is 0.293 e. The number of fused-ring (bicyclic) bond motifs is 2. The number of aryl methyl sites for hydroxylation is 1. The van der Waals surface area contributed by atoms with Crippen LogP contribution in [0.2, 0.25) is 0 Å². The Morgan fingerprint density at radius 2 is 1.74 bits per heavy atom. The van der Waals surface area contributed by atoms with Crippen LogP contribution in [0.3, 0.4) is 0 Å². The Kier molecular flexibility index (Phi) is 6.67. The first-order valence-electron chi connectivity index (χ1n) is 8.72. The predicted molar refractivity (Wildman–Crippen MR) is 97.1 cm³/mol. The van der Waals surface area contributed by atoms with Crippen LogP contribution in [0.15, 0.2) is 24.3 Å². The van der Waals surface area contributed by atoms with Crippen molar-refractivity contribution in [3.8, 4) is 0 Å². The summed E-state index contributed by atoms with van der Waals surface area (Å²) in [5.41, 5.74) is 8.07. The molecule has 0 amide bonds. The molecule has 2 bridgehead atoms. The van der Waals surface area contributed by atoms with Crippen molar-refractivity contribution in [3.63, 3.8) is 0 Å². The van der Waals surface area contributed by atoms with Crippen molar-refractivity contribution in [3.05, 3.63) is 29.8 Å². The van der Waals surface area contributed by atoms with E-state index in [1.165, 1.54) is 18.4 Å². The molecule has 2 aliphatic carbocycles. The summed E-state index contributed by atoms with van der Waals surface area (Å²) in [6.07, 6.45) is 3.76. The summed E-state index contributed by atoms with van der Waals surface area (Å²) in [4.78, 5) is 10.4. The third kappa shape index (κ3) is 3.88. The van der Waals surface area contributed by atoms with Gasteiger partial charge in [-0.2, -0.15) is 0 Å². The van der Waals surface area contributed by atoms with Crippen LogP contribution in [0.5, 0.6) is 0 Å². The number of ether oxygens (including phenoxy) is 1. The fourth-order valence-corrected chi connectivity index (χ4v) is 3.97. The standard InChI is InChI=1S/C11H18O2.C7H9N.C2H6/c1-10(2)8-4-5-11(10,3)9(6-8)13-7-12;1-6-2-4-7(8)5-3-6;1-2/h7-9H,4-6H2,1-3H3;2-5H,8H2,1H3;1-2H3. The van der Waals surface area contributed by atoms with Crippen molar-refractivity contribution < 1.29 is 9.53 Å². The second-order valence-corrected chi connectivity index (χ2v) is 7.24. The lowest BCUT2D eigenvalue weighted by Gasteiger charge is -2.37. The monoisotopic (exact) mass is 319 g/mol. The number of rotatable bonds is 2. The second kappa shape index (κ2) is 7.85. The molecular weight excluding hydrogens is 286 g/mol. The van der Waals surface area contributed by atoms with Gasteiger partial charge in [0.15, 0.2) is 0 Å². The number of carbonyl (C=O) groups is 1. The van der Waals surface area contributed by atoms with Crippen LogP contribution < -0.4 is 5.73 Å². The number of anilines is 1. The van der Waals surface area contributed by atoms with E-state index in [-0.39, 0.29) is 11.5 Å². The van der Waals surface area contributed by atoms with Crippen LogP contribution in [0.4, 0.5) is 5.69 Å². The van der Waals surface area contributed by atoms with Crippen molar-refractivity contribution in [2.45, 2.75) is 66.9 Å². The third-order valence-corrected chi connectivity index (χ3v) is 6.01. The molecule has 3 atom stereocenters. The molecule has 0 aromatic heterocycles. The van der Waals surface area contributed by atoms with Gasteiger partial charge < -0.3 is 10.5 Å². The van der Waals surface area contributed by atoms with Gasteiger partial charge in [0.1, 0.15) is 6.10 Å². The summed E-state index contributed by atoms with van der Waals surface area (Å²) < 4.78 is 5.19. The van der Waals surface area contributed by atoms with Gasteiger partial charge in [-0.05, 0) is 49.7 Å². The molecule has 3 heteroatoms. The first-order valence-corrected chi connectivity index (χ1v) is 8.72. The average molecular weight is 319 g/mol. The Hall–Kier alpha value is -1.51. The molecule has 1 aromatic carbocycles. The molecule has 2 aliphatic rings. The molecular formula is C20H33NO2. The van der Waals surface area contributed by atoms with Gasteiger partial charge in [0.25, 0.3) is 6.47 Å². The summed E-state index contributed by atoms with van der Waals surface area (Å²) in [5, 5.41) is 0. The smallest absolute Gasteiger partial charge is 0.293 e. The van der Waals surface area contributed by atoms with Gasteiger partial charge in [0.05, 0.1) is 0 Å². The number of hydrogen-bond donors (Lipinski definition) is 1. The molecule has 23 heavy (non-hydrogen) atoms. The summed E-state index contributed by atoms with van der Waals surface area (Å²) in [6.45, 7) is 13.6. The van der Waals surface area contributed by atoms with Crippen molar-refractivity contribution in [2.75, 3.05) is 5.73 Å². The van der Waals surface area contributed by atoms with E-state index in [2.05, 4.69) is 20.8 Å². The summed E-state index contributed by atoms with van der Waals surface area (Å²) in [6, 6.07) is 7.79. The van der Waals surface area contributed by atoms with Crippen molar-refractivity contribution in [1.29, 1.82) is 0 Å². The van der Waals surface area contributed by atoms with E-state index in [0.29, 0.717) is 11.9 Å². The molecule has 3 rings (SSSR count). The van der Waals surface area contributed by atoms with Crippen molar-refractivity contribution in [2.24, 2.45) is 16.7 Å². The molecule has 0 aliphatic heterocycles. The fraction of sp³-hybridized carbons (Fsp3) is 0.650. The zero-order valence-electron chi connectivity index (χ0n) is 15.6. The van der Waals surface area contributed by atoms with Gasteiger partial charge in [-0.1, -0.05) is 52.3 Å². The number of carbonyl (C=O) groups excluding carboxylic acids is 1. The van der Waals surface area contributed by atoms with Crippen LogP contribution >= 0.6 is 0 Å². The lowest BCUT2D eigenvalue weighted by Crippen LogP contribution is -2.36.